The van der Waals surface area contributed by atoms with Gasteiger partial charge in [-0.3, -0.25) is 13.9 Å². The van der Waals surface area contributed by atoms with Crippen LogP contribution in [0, 0.1) is 0 Å². The summed E-state index contributed by atoms with van der Waals surface area (Å²) in [6.07, 6.45) is 0. The van der Waals surface area contributed by atoms with Gasteiger partial charge in [-0.25, -0.2) is 13.2 Å². The molecule has 0 radical (unpaired) electrons. The van der Waals surface area contributed by atoms with Crippen molar-refractivity contribution in [3.8, 4) is 0 Å². The van der Waals surface area contributed by atoms with E-state index in [9.17, 15) is 18.0 Å². The van der Waals surface area contributed by atoms with Gasteiger partial charge in [0.05, 0.1) is 11.5 Å². The summed E-state index contributed by atoms with van der Waals surface area (Å²) in [6, 6.07) is 7.72. The van der Waals surface area contributed by atoms with Crippen LogP contribution in [0.5, 0.6) is 0 Å². The summed E-state index contributed by atoms with van der Waals surface area (Å²) in [6.45, 7) is 0. The molecule has 1 heterocycles. The molecule has 0 saturated carbocycles. The van der Waals surface area contributed by atoms with Gasteiger partial charge in [-0.15, -0.1) is 0 Å². The molecule has 0 N–H and O–H groups in total. The van der Waals surface area contributed by atoms with Crippen LogP contribution in [0.1, 0.15) is 11.3 Å². The highest BCUT2D eigenvalue weighted by atomic mass is 35.5. The first-order valence-electron chi connectivity index (χ1n) is 6.40. The van der Waals surface area contributed by atoms with Crippen molar-refractivity contribution in [1.29, 1.82) is 0 Å². The minimum atomic E-state index is -3.54. The maximum Gasteiger partial charge on any atom is 0.330 e. The van der Waals surface area contributed by atoms with Gasteiger partial charge in [-0.05, 0) is 17.7 Å². The predicted molar refractivity (Wildman–Crippen MR) is 84.7 cm³/mol. The van der Waals surface area contributed by atoms with Crippen molar-refractivity contribution in [2.45, 2.75) is 11.5 Å². The zero-order chi connectivity index (χ0) is 16.5. The molecule has 0 bridgehead atoms. The summed E-state index contributed by atoms with van der Waals surface area (Å²) in [5.74, 6) is -0.599. The number of hydrogen-bond donors (Lipinski definition) is 0. The highest BCUT2D eigenvalue weighted by molar-refractivity contribution is 7.89. The number of nitrogens with zero attached hydrogens (tertiary/aromatic N) is 2. The van der Waals surface area contributed by atoms with Gasteiger partial charge >= 0.3 is 5.69 Å². The zero-order valence-corrected chi connectivity index (χ0v) is 13.7. The zero-order valence-electron chi connectivity index (χ0n) is 12.1. The van der Waals surface area contributed by atoms with Crippen LogP contribution in [0.15, 0.2) is 39.9 Å². The van der Waals surface area contributed by atoms with E-state index in [1.807, 2.05) is 0 Å². The fraction of sp³-hybridized carbons (Fsp3) is 0.286. The van der Waals surface area contributed by atoms with Crippen LogP contribution in [-0.2, 0) is 35.4 Å². The fourth-order valence-electron chi connectivity index (χ4n) is 2.07. The maximum atomic E-state index is 12.3. The summed E-state index contributed by atoms with van der Waals surface area (Å²) < 4.78 is 26.6. The van der Waals surface area contributed by atoms with Gasteiger partial charge in [0, 0.05) is 30.9 Å². The first kappa shape index (κ1) is 16.5. The summed E-state index contributed by atoms with van der Waals surface area (Å²) in [7, 11) is -0.761. The Balaban J connectivity index is 2.34. The molecule has 0 atom stereocenters. The molecule has 2 aromatic rings. The Bertz CT molecular complexity index is 929. The fourth-order valence-corrected chi connectivity index (χ4v) is 3.80. The van der Waals surface area contributed by atoms with Gasteiger partial charge in [-0.1, -0.05) is 23.7 Å². The molecule has 1 aromatic heterocycles. The molecule has 0 aliphatic heterocycles. The van der Waals surface area contributed by atoms with Crippen molar-refractivity contribution >= 4 is 21.4 Å². The van der Waals surface area contributed by atoms with Crippen molar-refractivity contribution in [3.05, 3.63) is 67.4 Å². The quantitative estimate of drug-likeness (QED) is 0.825. The number of benzene rings is 1. The molecular formula is C14H15ClN2O4S. The number of sulfone groups is 1. The minimum Gasteiger partial charge on any atom is -0.300 e. The molecule has 2 rings (SSSR count). The van der Waals surface area contributed by atoms with E-state index in [2.05, 4.69) is 0 Å². The molecule has 118 valence electrons. The van der Waals surface area contributed by atoms with E-state index >= 15 is 0 Å². The lowest BCUT2D eigenvalue weighted by Crippen LogP contribution is -2.38. The maximum absolute atomic E-state index is 12.3. The van der Waals surface area contributed by atoms with E-state index in [0.29, 0.717) is 10.6 Å². The number of halogens is 1. The molecule has 22 heavy (non-hydrogen) atoms. The van der Waals surface area contributed by atoms with E-state index in [0.717, 1.165) is 15.2 Å². The van der Waals surface area contributed by atoms with E-state index in [1.54, 1.807) is 24.3 Å². The molecule has 6 nitrogen and oxygen atoms in total. The third-order valence-corrected chi connectivity index (χ3v) is 5.01. The first-order chi connectivity index (χ1) is 10.2. The third-order valence-electron chi connectivity index (χ3n) is 3.27. The number of rotatable bonds is 4. The predicted octanol–water partition coefficient (Wildman–Crippen LogP) is 0.852. The lowest BCUT2D eigenvalue weighted by molar-refractivity contribution is 0.589. The Morgan fingerprint density at radius 1 is 1.05 bits per heavy atom. The molecule has 0 aliphatic rings. The third kappa shape index (κ3) is 3.66. The molecule has 0 unspecified atom stereocenters. The summed E-state index contributed by atoms with van der Waals surface area (Å²) >= 11 is 5.83. The van der Waals surface area contributed by atoms with Gasteiger partial charge in [0.25, 0.3) is 5.56 Å². The van der Waals surface area contributed by atoms with E-state index in [-0.39, 0.29) is 17.2 Å². The average molecular weight is 343 g/mol. The Morgan fingerprint density at radius 3 is 2.36 bits per heavy atom. The lowest BCUT2D eigenvalue weighted by Gasteiger charge is -2.10. The van der Waals surface area contributed by atoms with Crippen LogP contribution in [0.4, 0.5) is 0 Å². The second-order valence-electron chi connectivity index (χ2n) is 5.04. The van der Waals surface area contributed by atoms with Gasteiger partial charge in [0.2, 0.25) is 0 Å². The number of aromatic nitrogens is 2. The molecule has 0 saturated heterocycles. The standard InChI is InChI=1S/C14H15ClN2O4S/c1-16-12(7-13(18)17(2)14(16)19)9-22(20,21)8-10-4-3-5-11(15)6-10/h3-7H,8-9H2,1-2H3. The first-order valence-corrected chi connectivity index (χ1v) is 8.60. The Hall–Kier alpha value is -1.86. The molecule has 8 heteroatoms. The van der Waals surface area contributed by atoms with Crippen LogP contribution >= 0.6 is 11.6 Å². The van der Waals surface area contributed by atoms with E-state index in [1.165, 1.54) is 14.1 Å². The second-order valence-corrected chi connectivity index (χ2v) is 7.54. The van der Waals surface area contributed by atoms with Crippen molar-refractivity contribution in [2.75, 3.05) is 0 Å². The Labute approximate surface area is 132 Å². The summed E-state index contributed by atoms with van der Waals surface area (Å²) in [5, 5.41) is 0.452. The van der Waals surface area contributed by atoms with Crippen molar-refractivity contribution in [2.24, 2.45) is 14.1 Å². The molecule has 0 amide bonds. The van der Waals surface area contributed by atoms with Crippen LogP contribution < -0.4 is 11.2 Å². The SMILES string of the molecule is Cn1c(CS(=O)(=O)Cc2cccc(Cl)c2)cc(=O)n(C)c1=O. The van der Waals surface area contributed by atoms with E-state index < -0.39 is 21.1 Å². The monoisotopic (exact) mass is 342 g/mol. The largest absolute Gasteiger partial charge is 0.330 e. The lowest BCUT2D eigenvalue weighted by atomic mass is 10.2. The van der Waals surface area contributed by atoms with Crippen molar-refractivity contribution < 1.29 is 8.42 Å². The molecule has 1 aromatic carbocycles. The minimum absolute atomic E-state index is 0.162. The summed E-state index contributed by atoms with van der Waals surface area (Å²) in [4.78, 5) is 23.5. The van der Waals surface area contributed by atoms with E-state index in [4.69, 9.17) is 11.6 Å². The van der Waals surface area contributed by atoms with Crippen LogP contribution in [0.3, 0.4) is 0 Å². The van der Waals surface area contributed by atoms with Gasteiger partial charge in [0.15, 0.2) is 9.84 Å². The highest BCUT2D eigenvalue weighted by Crippen LogP contribution is 2.15. The van der Waals surface area contributed by atoms with Gasteiger partial charge < -0.3 is 0 Å². The van der Waals surface area contributed by atoms with Crippen LogP contribution in [0.25, 0.3) is 0 Å². The highest BCUT2D eigenvalue weighted by Gasteiger charge is 2.17. The normalized spacial score (nSPS) is 11.6. The van der Waals surface area contributed by atoms with Crippen molar-refractivity contribution in [1.82, 2.24) is 9.13 Å². The van der Waals surface area contributed by atoms with Crippen molar-refractivity contribution in [3.63, 3.8) is 0 Å². The number of hydrogen-bond acceptors (Lipinski definition) is 4. The average Bonchev–Trinajstić information content (AvgIpc) is 2.41. The molecule has 0 spiro atoms. The van der Waals surface area contributed by atoms with Gasteiger partial charge in [0.1, 0.15) is 0 Å². The molecular weight excluding hydrogens is 328 g/mol. The van der Waals surface area contributed by atoms with Gasteiger partial charge in [-0.2, -0.15) is 0 Å². The van der Waals surface area contributed by atoms with Crippen LogP contribution in [-0.4, -0.2) is 17.6 Å². The van der Waals surface area contributed by atoms with Crippen LogP contribution in [0.2, 0.25) is 5.02 Å². The topological polar surface area (TPSA) is 78.1 Å². The second kappa shape index (κ2) is 6.10. The summed E-state index contributed by atoms with van der Waals surface area (Å²) in [5.41, 5.74) is -0.368. The molecule has 0 fully saturated rings. The Morgan fingerprint density at radius 2 is 1.73 bits per heavy atom. The molecule has 0 aliphatic carbocycles. The smallest absolute Gasteiger partial charge is 0.300 e. The Kier molecular flexibility index (Phi) is 4.58.